The monoisotopic (exact) mass is 346 g/mol. The summed E-state index contributed by atoms with van der Waals surface area (Å²) in [6, 6.07) is 14.9. The maximum Gasteiger partial charge on any atom is 0.354 e. The number of β-amino-alcohol motifs (C(OH)–C–C–N with tert-alkyl or cyclic N) is 1. The van der Waals surface area contributed by atoms with E-state index in [1.54, 1.807) is 28.8 Å². The maximum absolute atomic E-state index is 12.9. The molecule has 3 aromatic rings. The first-order chi connectivity index (χ1) is 12.6. The molecule has 130 valence electrons. The Kier molecular flexibility index (Phi) is 3.94. The zero-order valence-corrected chi connectivity index (χ0v) is 14.4. The summed E-state index contributed by atoms with van der Waals surface area (Å²) >= 11 is 0. The third kappa shape index (κ3) is 2.72. The van der Waals surface area contributed by atoms with Crippen LogP contribution in [0, 0.1) is 18.3 Å². The molecule has 0 spiro atoms. The van der Waals surface area contributed by atoms with Crippen molar-refractivity contribution in [3.05, 3.63) is 64.1 Å². The van der Waals surface area contributed by atoms with Crippen molar-refractivity contribution >= 4 is 16.7 Å². The van der Waals surface area contributed by atoms with Crippen LogP contribution in [0.15, 0.2) is 47.3 Å². The minimum Gasteiger partial charge on any atom is -0.391 e. The first-order valence-electron chi connectivity index (χ1n) is 8.54. The smallest absolute Gasteiger partial charge is 0.354 e. The van der Waals surface area contributed by atoms with Crippen LogP contribution in [0.1, 0.15) is 17.5 Å². The second-order valence-electron chi connectivity index (χ2n) is 6.62. The van der Waals surface area contributed by atoms with Gasteiger partial charge in [0.25, 0.3) is 0 Å². The van der Waals surface area contributed by atoms with Crippen molar-refractivity contribution in [3.63, 3.8) is 0 Å². The molecule has 2 heterocycles. The van der Waals surface area contributed by atoms with Crippen molar-refractivity contribution in [2.75, 3.05) is 18.0 Å². The molecule has 2 aromatic carbocycles. The van der Waals surface area contributed by atoms with E-state index in [2.05, 4.69) is 11.1 Å². The summed E-state index contributed by atoms with van der Waals surface area (Å²) in [7, 11) is 0. The molecule has 6 heteroatoms. The van der Waals surface area contributed by atoms with Gasteiger partial charge in [-0.1, -0.05) is 12.1 Å². The van der Waals surface area contributed by atoms with Gasteiger partial charge in [-0.25, -0.2) is 4.79 Å². The van der Waals surface area contributed by atoms with E-state index in [0.29, 0.717) is 36.6 Å². The van der Waals surface area contributed by atoms with Crippen LogP contribution in [0.5, 0.6) is 0 Å². The van der Waals surface area contributed by atoms with Gasteiger partial charge < -0.3 is 10.0 Å². The molecule has 26 heavy (non-hydrogen) atoms. The molecule has 1 aliphatic heterocycles. The summed E-state index contributed by atoms with van der Waals surface area (Å²) in [6.45, 7) is 3.12. The summed E-state index contributed by atoms with van der Waals surface area (Å²) in [5.74, 6) is 0.606. The van der Waals surface area contributed by atoms with Crippen LogP contribution >= 0.6 is 0 Å². The van der Waals surface area contributed by atoms with E-state index in [1.165, 1.54) is 0 Å². The Morgan fingerprint density at radius 1 is 1.27 bits per heavy atom. The zero-order valence-electron chi connectivity index (χ0n) is 14.4. The van der Waals surface area contributed by atoms with E-state index >= 15 is 0 Å². The van der Waals surface area contributed by atoms with E-state index in [9.17, 15) is 9.90 Å². The highest BCUT2D eigenvalue weighted by atomic mass is 16.3. The standard InChI is InChI=1S/C20H18N4O2/c1-13-5-6-17-18(9-13)24(15-4-2-3-14(10-15)11-21)20(26)22-19(17)23-8-7-16(25)12-23/h2-6,9-10,16,25H,7-8,12H2,1H3/t16-/m1/s1. The second kappa shape index (κ2) is 6.28. The quantitative estimate of drug-likeness (QED) is 0.769. The molecule has 1 aliphatic rings. The van der Waals surface area contributed by atoms with Gasteiger partial charge in [0, 0.05) is 18.5 Å². The molecule has 0 bridgehead atoms. The number of aliphatic hydroxyl groups is 1. The highest BCUT2D eigenvalue weighted by Gasteiger charge is 2.24. The Bertz CT molecular complexity index is 1100. The summed E-state index contributed by atoms with van der Waals surface area (Å²) < 4.78 is 1.54. The lowest BCUT2D eigenvalue weighted by molar-refractivity contribution is 0.198. The first kappa shape index (κ1) is 16.3. The molecule has 1 atom stereocenters. The molecule has 1 fully saturated rings. The molecule has 1 aromatic heterocycles. The van der Waals surface area contributed by atoms with E-state index in [0.717, 1.165) is 16.5 Å². The Hall–Kier alpha value is -3.17. The molecule has 0 aliphatic carbocycles. The molecule has 1 saturated heterocycles. The minimum absolute atomic E-state index is 0.394. The Morgan fingerprint density at radius 2 is 2.12 bits per heavy atom. The fraction of sp³-hybridized carbons (Fsp3) is 0.250. The van der Waals surface area contributed by atoms with Crippen molar-refractivity contribution in [3.8, 4) is 11.8 Å². The van der Waals surface area contributed by atoms with Crippen LogP contribution in [-0.2, 0) is 0 Å². The van der Waals surface area contributed by atoms with Gasteiger partial charge in [-0.05, 0) is 49.2 Å². The largest absolute Gasteiger partial charge is 0.391 e. The zero-order chi connectivity index (χ0) is 18.3. The van der Waals surface area contributed by atoms with Gasteiger partial charge in [0.1, 0.15) is 5.82 Å². The number of nitrogens with zero attached hydrogens (tertiary/aromatic N) is 4. The lowest BCUT2D eigenvalue weighted by Crippen LogP contribution is -2.29. The molecule has 4 rings (SSSR count). The number of nitriles is 1. The summed E-state index contributed by atoms with van der Waals surface area (Å²) in [5.41, 5.74) is 2.49. The number of hydrogen-bond acceptors (Lipinski definition) is 5. The first-order valence-corrected chi connectivity index (χ1v) is 8.54. The average Bonchev–Trinajstić information content (AvgIpc) is 3.07. The van der Waals surface area contributed by atoms with E-state index in [1.807, 2.05) is 30.0 Å². The minimum atomic E-state index is -0.396. The fourth-order valence-electron chi connectivity index (χ4n) is 3.46. The molecular formula is C20H18N4O2. The second-order valence-corrected chi connectivity index (χ2v) is 6.62. The fourth-order valence-corrected chi connectivity index (χ4v) is 3.46. The summed E-state index contributed by atoms with van der Waals surface area (Å²) in [5, 5.41) is 19.9. The van der Waals surface area contributed by atoms with Crippen molar-refractivity contribution in [2.45, 2.75) is 19.4 Å². The number of fused-ring (bicyclic) bond motifs is 1. The number of aliphatic hydroxyl groups excluding tert-OH is 1. The SMILES string of the molecule is Cc1ccc2c(N3CC[C@@H](O)C3)nc(=O)n(-c3cccc(C#N)c3)c2c1. The van der Waals surface area contributed by atoms with Gasteiger partial charge in [-0.3, -0.25) is 4.57 Å². The number of benzene rings is 2. The van der Waals surface area contributed by atoms with E-state index in [-0.39, 0.29) is 0 Å². The number of hydrogen-bond donors (Lipinski definition) is 1. The van der Waals surface area contributed by atoms with Crippen LogP contribution in [0.3, 0.4) is 0 Å². The molecule has 0 amide bonds. The van der Waals surface area contributed by atoms with Gasteiger partial charge in [0.2, 0.25) is 0 Å². The molecular weight excluding hydrogens is 328 g/mol. The van der Waals surface area contributed by atoms with Gasteiger partial charge >= 0.3 is 5.69 Å². The van der Waals surface area contributed by atoms with Crippen molar-refractivity contribution in [1.82, 2.24) is 9.55 Å². The highest BCUT2D eigenvalue weighted by molar-refractivity contribution is 5.91. The van der Waals surface area contributed by atoms with Gasteiger partial charge in [0.05, 0.1) is 28.9 Å². The van der Waals surface area contributed by atoms with Crippen LogP contribution in [-0.4, -0.2) is 33.9 Å². The van der Waals surface area contributed by atoms with Crippen LogP contribution < -0.4 is 10.6 Å². The van der Waals surface area contributed by atoms with Gasteiger partial charge in [-0.15, -0.1) is 0 Å². The normalized spacial score (nSPS) is 16.8. The average molecular weight is 346 g/mol. The van der Waals surface area contributed by atoms with E-state index in [4.69, 9.17) is 5.26 Å². The Labute approximate surface area is 150 Å². The van der Waals surface area contributed by atoms with Crippen molar-refractivity contribution in [2.24, 2.45) is 0 Å². The lowest BCUT2D eigenvalue weighted by Gasteiger charge is -2.20. The molecule has 1 N–H and O–H groups in total. The van der Waals surface area contributed by atoms with Crippen LogP contribution in [0.25, 0.3) is 16.6 Å². The van der Waals surface area contributed by atoms with Gasteiger partial charge in [-0.2, -0.15) is 10.2 Å². The van der Waals surface area contributed by atoms with Gasteiger partial charge in [0.15, 0.2) is 0 Å². The van der Waals surface area contributed by atoms with E-state index < -0.39 is 11.8 Å². The highest BCUT2D eigenvalue weighted by Crippen LogP contribution is 2.28. The molecule has 0 radical (unpaired) electrons. The summed E-state index contributed by atoms with van der Waals surface area (Å²) in [6.07, 6.45) is 0.273. The Morgan fingerprint density at radius 3 is 2.85 bits per heavy atom. The maximum atomic E-state index is 12.9. The summed E-state index contributed by atoms with van der Waals surface area (Å²) in [4.78, 5) is 19.2. The number of anilines is 1. The third-order valence-electron chi connectivity index (χ3n) is 4.72. The number of rotatable bonds is 2. The molecule has 0 unspecified atom stereocenters. The number of aryl methyl sites for hydroxylation is 1. The predicted octanol–water partition coefficient (Wildman–Crippen LogP) is 2.14. The lowest BCUT2D eigenvalue weighted by atomic mass is 10.1. The Balaban J connectivity index is 2.00. The van der Waals surface area contributed by atoms with Crippen molar-refractivity contribution < 1.29 is 5.11 Å². The molecule has 6 nitrogen and oxygen atoms in total. The predicted molar refractivity (Wildman–Crippen MR) is 99.6 cm³/mol. The number of aromatic nitrogens is 2. The van der Waals surface area contributed by atoms with Crippen molar-refractivity contribution in [1.29, 1.82) is 5.26 Å². The van der Waals surface area contributed by atoms with Crippen LogP contribution in [0.2, 0.25) is 0 Å². The molecule has 0 saturated carbocycles. The van der Waals surface area contributed by atoms with Crippen LogP contribution in [0.4, 0.5) is 5.82 Å². The topological polar surface area (TPSA) is 82.2 Å². The third-order valence-corrected chi connectivity index (χ3v) is 4.72.